The lowest BCUT2D eigenvalue weighted by Gasteiger charge is -2.26. The molecule has 0 radical (unpaired) electrons. The van der Waals surface area contributed by atoms with Gasteiger partial charge in [-0.1, -0.05) is 33.6 Å². The standard InChI is InChI=1S/C20H35NO5/c1-15(2)16(3)14-18(20(24)25)17(19(22)23)8-6-4-5-7-9-21-10-12-26-13-11-21/h15-16H,4-14H2,1-3H3,(H,22,23)(H,24,25)/b18-17+. The number of aliphatic carboxylic acids is 2. The highest BCUT2D eigenvalue weighted by Gasteiger charge is 2.22. The summed E-state index contributed by atoms with van der Waals surface area (Å²) < 4.78 is 5.33. The van der Waals surface area contributed by atoms with E-state index in [0.29, 0.717) is 18.8 Å². The van der Waals surface area contributed by atoms with Crippen LogP contribution in [-0.2, 0) is 14.3 Å². The van der Waals surface area contributed by atoms with Gasteiger partial charge in [-0.25, -0.2) is 9.59 Å². The number of unbranched alkanes of at least 4 members (excludes halogenated alkanes) is 3. The molecule has 1 fully saturated rings. The van der Waals surface area contributed by atoms with E-state index < -0.39 is 11.9 Å². The Morgan fingerprint density at radius 1 is 0.923 bits per heavy atom. The number of nitrogens with zero attached hydrogens (tertiary/aromatic N) is 1. The van der Waals surface area contributed by atoms with Crippen LogP contribution in [0.25, 0.3) is 0 Å². The van der Waals surface area contributed by atoms with Gasteiger partial charge in [0.25, 0.3) is 0 Å². The molecule has 0 aromatic carbocycles. The summed E-state index contributed by atoms with van der Waals surface area (Å²) in [6, 6.07) is 0. The van der Waals surface area contributed by atoms with Crippen molar-refractivity contribution in [3.8, 4) is 0 Å². The van der Waals surface area contributed by atoms with Crippen LogP contribution in [-0.4, -0.2) is 59.9 Å². The molecule has 1 atom stereocenters. The Hall–Kier alpha value is -1.40. The molecule has 0 spiro atoms. The summed E-state index contributed by atoms with van der Waals surface area (Å²) in [6.45, 7) is 10.7. The van der Waals surface area contributed by atoms with E-state index in [1.54, 1.807) is 0 Å². The Bertz CT molecular complexity index is 481. The van der Waals surface area contributed by atoms with Crippen molar-refractivity contribution in [3.63, 3.8) is 0 Å². The molecule has 1 aliphatic rings. The van der Waals surface area contributed by atoms with Crippen molar-refractivity contribution in [1.82, 2.24) is 4.90 Å². The Balaban J connectivity index is 2.46. The van der Waals surface area contributed by atoms with Crippen molar-refractivity contribution >= 4 is 11.9 Å². The largest absolute Gasteiger partial charge is 0.478 e. The Kier molecular flexibility index (Phi) is 10.5. The molecule has 0 aromatic heterocycles. The van der Waals surface area contributed by atoms with Crippen LogP contribution >= 0.6 is 0 Å². The fraction of sp³-hybridized carbons (Fsp3) is 0.800. The molecule has 0 bridgehead atoms. The third kappa shape index (κ3) is 8.32. The first-order chi connectivity index (χ1) is 12.3. The van der Waals surface area contributed by atoms with Crippen LogP contribution in [0.2, 0.25) is 0 Å². The number of carboxylic acids is 2. The topological polar surface area (TPSA) is 87.1 Å². The van der Waals surface area contributed by atoms with E-state index in [1.807, 2.05) is 20.8 Å². The van der Waals surface area contributed by atoms with Crippen LogP contribution in [0, 0.1) is 11.8 Å². The van der Waals surface area contributed by atoms with E-state index in [0.717, 1.165) is 58.5 Å². The second-order valence-corrected chi connectivity index (χ2v) is 7.61. The van der Waals surface area contributed by atoms with Gasteiger partial charge in [0.1, 0.15) is 0 Å². The lowest BCUT2D eigenvalue weighted by Crippen LogP contribution is -2.36. The normalized spacial score (nSPS) is 17.8. The fourth-order valence-electron chi connectivity index (χ4n) is 3.10. The highest BCUT2D eigenvalue weighted by Crippen LogP contribution is 2.25. The minimum Gasteiger partial charge on any atom is -0.478 e. The van der Waals surface area contributed by atoms with Gasteiger partial charge in [0.05, 0.1) is 13.2 Å². The first-order valence-corrected chi connectivity index (χ1v) is 9.81. The second kappa shape index (κ2) is 12.1. The van der Waals surface area contributed by atoms with Gasteiger partial charge < -0.3 is 14.9 Å². The van der Waals surface area contributed by atoms with E-state index in [2.05, 4.69) is 4.90 Å². The summed E-state index contributed by atoms with van der Waals surface area (Å²) in [4.78, 5) is 25.6. The molecule has 0 aliphatic carbocycles. The third-order valence-corrected chi connectivity index (χ3v) is 5.30. The smallest absolute Gasteiger partial charge is 0.332 e. The minimum atomic E-state index is -1.10. The fourth-order valence-corrected chi connectivity index (χ4v) is 3.10. The van der Waals surface area contributed by atoms with Crippen LogP contribution in [0.5, 0.6) is 0 Å². The van der Waals surface area contributed by atoms with Crippen molar-refractivity contribution in [3.05, 3.63) is 11.1 Å². The van der Waals surface area contributed by atoms with Gasteiger partial charge in [0.2, 0.25) is 0 Å². The van der Waals surface area contributed by atoms with Crippen molar-refractivity contribution in [1.29, 1.82) is 0 Å². The van der Waals surface area contributed by atoms with Gasteiger partial charge in [0.15, 0.2) is 0 Å². The van der Waals surface area contributed by atoms with Crippen molar-refractivity contribution < 1.29 is 24.5 Å². The summed E-state index contributed by atoms with van der Waals surface area (Å²) >= 11 is 0. The van der Waals surface area contributed by atoms with Gasteiger partial charge in [-0.3, -0.25) is 4.90 Å². The van der Waals surface area contributed by atoms with E-state index in [9.17, 15) is 19.8 Å². The first kappa shape index (κ1) is 22.6. The molecule has 1 aliphatic heterocycles. The molecule has 2 N–H and O–H groups in total. The number of rotatable bonds is 12. The van der Waals surface area contributed by atoms with Gasteiger partial charge in [-0.05, 0) is 44.1 Å². The highest BCUT2D eigenvalue weighted by atomic mass is 16.5. The predicted octanol–water partition coefficient (Wildman–Crippen LogP) is 3.42. The van der Waals surface area contributed by atoms with Crippen LogP contribution in [0.3, 0.4) is 0 Å². The zero-order chi connectivity index (χ0) is 19.5. The number of morpholine rings is 1. The van der Waals surface area contributed by atoms with Crippen LogP contribution in [0.15, 0.2) is 11.1 Å². The monoisotopic (exact) mass is 369 g/mol. The molecule has 0 saturated carbocycles. The van der Waals surface area contributed by atoms with Gasteiger partial charge in [-0.2, -0.15) is 0 Å². The second-order valence-electron chi connectivity index (χ2n) is 7.61. The third-order valence-electron chi connectivity index (χ3n) is 5.30. The van der Waals surface area contributed by atoms with Crippen molar-refractivity contribution in [2.24, 2.45) is 11.8 Å². The maximum atomic E-state index is 11.6. The first-order valence-electron chi connectivity index (χ1n) is 9.81. The Labute approximate surface area is 157 Å². The number of ether oxygens (including phenoxy) is 1. The van der Waals surface area contributed by atoms with E-state index in [4.69, 9.17) is 4.74 Å². The molecule has 6 nitrogen and oxygen atoms in total. The molecule has 6 heteroatoms. The maximum absolute atomic E-state index is 11.6. The summed E-state index contributed by atoms with van der Waals surface area (Å²) in [5.74, 6) is -1.72. The zero-order valence-electron chi connectivity index (χ0n) is 16.5. The average molecular weight is 370 g/mol. The minimum absolute atomic E-state index is 0.0759. The molecular weight excluding hydrogens is 334 g/mol. The number of carbonyl (C=O) groups is 2. The van der Waals surface area contributed by atoms with Crippen LogP contribution in [0.4, 0.5) is 0 Å². The molecule has 1 rings (SSSR count). The predicted molar refractivity (Wildman–Crippen MR) is 101 cm³/mol. The van der Waals surface area contributed by atoms with Crippen LogP contribution in [0.1, 0.15) is 59.3 Å². The molecular formula is C20H35NO5. The SMILES string of the molecule is CC(C)C(C)C/C(C(=O)O)=C(/CCCCCCN1CCOCC1)C(=O)O. The summed E-state index contributed by atoms with van der Waals surface area (Å²) in [7, 11) is 0. The number of hydrogen-bond donors (Lipinski definition) is 2. The molecule has 1 saturated heterocycles. The highest BCUT2D eigenvalue weighted by molar-refractivity contribution is 5.98. The molecule has 0 aromatic rings. The lowest BCUT2D eigenvalue weighted by molar-refractivity contribution is -0.136. The van der Waals surface area contributed by atoms with Gasteiger partial charge in [0, 0.05) is 24.2 Å². The van der Waals surface area contributed by atoms with Crippen molar-refractivity contribution in [2.45, 2.75) is 59.3 Å². The Morgan fingerprint density at radius 3 is 2.04 bits per heavy atom. The summed E-state index contributed by atoms with van der Waals surface area (Å²) in [5, 5.41) is 18.9. The molecule has 26 heavy (non-hydrogen) atoms. The summed E-state index contributed by atoms with van der Waals surface area (Å²) in [6.07, 6.45) is 4.41. The Morgan fingerprint density at radius 2 is 1.50 bits per heavy atom. The maximum Gasteiger partial charge on any atom is 0.332 e. The van der Waals surface area contributed by atoms with E-state index >= 15 is 0 Å². The number of hydrogen-bond acceptors (Lipinski definition) is 4. The van der Waals surface area contributed by atoms with E-state index in [-0.39, 0.29) is 17.1 Å². The van der Waals surface area contributed by atoms with Crippen molar-refractivity contribution in [2.75, 3.05) is 32.8 Å². The molecule has 1 heterocycles. The average Bonchev–Trinajstić information content (AvgIpc) is 2.59. The molecule has 150 valence electrons. The van der Waals surface area contributed by atoms with Gasteiger partial charge >= 0.3 is 11.9 Å². The lowest BCUT2D eigenvalue weighted by atomic mass is 9.88. The zero-order valence-corrected chi connectivity index (χ0v) is 16.5. The van der Waals surface area contributed by atoms with Gasteiger partial charge in [-0.15, -0.1) is 0 Å². The quantitative estimate of drug-likeness (QED) is 0.405. The van der Waals surface area contributed by atoms with Crippen LogP contribution < -0.4 is 0 Å². The summed E-state index contributed by atoms with van der Waals surface area (Å²) in [5.41, 5.74) is 0.158. The molecule has 0 amide bonds. The van der Waals surface area contributed by atoms with E-state index in [1.165, 1.54) is 0 Å². The molecule has 1 unspecified atom stereocenters. The number of carboxylic acid groups (broad SMARTS) is 2.